The van der Waals surface area contributed by atoms with E-state index in [-0.39, 0.29) is 6.10 Å². The van der Waals surface area contributed by atoms with Gasteiger partial charge < -0.3 is 15.1 Å². The number of rotatable bonds is 0. The number of ether oxygens (including phenoxy) is 1. The molecule has 6 nitrogen and oxygen atoms in total. The largest absolute Gasteiger partial charge is 0.391 e. The maximum atomic E-state index is 8.60. The average molecular weight is 151 g/mol. The molecule has 1 rings (SSSR count). The molecule has 1 fully saturated rings. The van der Waals surface area contributed by atoms with E-state index in [0.717, 1.165) is 13.0 Å². The lowest BCUT2D eigenvalue weighted by atomic mass is 10.3. The molecule has 1 unspecified atom stereocenters. The minimum atomic E-state index is -1.50. The molecule has 60 valence electrons. The van der Waals surface area contributed by atoms with Gasteiger partial charge in [0.1, 0.15) is 0 Å². The van der Waals surface area contributed by atoms with Crippen LogP contribution in [0.1, 0.15) is 6.42 Å². The van der Waals surface area contributed by atoms with Gasteiger partial charge in [0, 0.05) is 6.61 Å². The molecule has 0 spiro atoms. The van der Waals surface area contributed by atoms with Crippen LogP contribution in [0.4, 0.5) is 0 Å². The molecule has 0 aliphatic carbocycles. The normalized spacial score (nSPS) is 23.1. The van der Waals surface area contributed by atoms with Gasteiger partial charge in [0.25, 0.3) is 5.09 Å². The van der Waals surface area contributed by atoms with E-state index in [0.29, 0.717) is 6.61 Å². The van der Waals surface area contributed by atoms with Crippen molar-refractivity contribution in [2.75, 3.05) is 13.2 Å². The summed E-state index contributed by atoms with van der Waals surface area (Å²) in [7, 11) is 0. The summed E-state index contributed by atoms with van der Waals surface area (Å²) in [4.78, 5) is 8.36. The van der Waals surface area contributed by atoms with Gasteiger partial charge in [-0.15, -0.1) is 10.1 Å². The van der Waals surface area contributed by atoms with Crippen LogP contribution in [0.3, 0.4) is 0 Å². The highest BCUT2D eigenvalue weighted by molar-refractivity contribution is 4.58. The molecule has 0 aromatic rings. The standard InChI is InChI=1S/C4H8O2.HNO3/c5-4-1-2-6-3-4;2-1(3)4/h4-5H,1-3H2;(H,2,3,4). The van der Waals surface area contributed by atoms with Crippen LogP contribution in [0.2, 0.25) is 0 Å². The van der Waals surface area contributed by atoms with Crippen molar-refractivity contribution in [2.24, 2.45) is 0 Å². The zero-order valence-corrected chi connectivity index (χ0v) is 5.27. The summed E-state index contributed by atoms with van der Waals surface area (Å²) in [6, 6.07) is 0. The van der Waals surface area contributed by atoms with Gasteiger partial charge in [-0.05, 0) is 6.42 Å². The maximum Gasteiger partial charge on any atom is 0.291 e. The molecule has 0 amide bonds. The van der Waals surface area contributed by atoms with Crippen LogP contribution in [-0.4, -0.2) is 34.7 Å². The summed E-state index contributed by atoms with van der Waals surface area (Å²) in [6.45, 7) is 1.28. The molecule has 10 heavy (non-hydrogen) atoms. The van der Waals surface area contributed by atoms with E-state index in [9.17, 15) is 0 Å². The molecule has 1 aliphatic heterocycles. The van der Waals surface area contributed by atoms with Crippen molar-refractivity contribution in [1.29, 1.82) is 0 Å². The molecule has 6 heteroatoms. The quantitative estimate of drug-likeness (QED) is 0.357. The SMILES string of the molecule is O=[N+]([O-])O.OC1CCOC1. The smallest absolute Gasteiger partial charge is 0.291 e. The molecule has 0 radical (unpaired) electrons. The lowest BCUT2D eigenvalue weighted by molar-refractivity contribution is -0.742. The molecular formula is C4H9NO5. The first-order valence-electron chi connectivity index (χ1n) is 2.72. The average Bonchev–Trinajstić information content (AvgIpc) is 2.15. The van der Waals surface area contributed by atoms with Crippen LogP contribution in [0.5, 0.6) is 0 Å². The van der Waals surface area contributed by atoms with Crippen molar-refractivity contribution >= 4 is 0 Å². The molecule has 0 aromatic carbocycles. The Bertz CT molecular complexity index is 95.8. The minimum Gasteiger partial charge on any atom is -0.391 e. The molecule has 0 aromatic heterocycles. The summed E-state index contributed by atoms with van der Waals surface area (Å²) in [5.41, 5.74) is 0. The number of aliphatic hydroxyl groups is 1. The van der Waals surface area contributed by atoms with Crippen LogP contribution >= 0.6 is 0 Å². The number of nitrogens with zero attached hydrogens (tertiary/aromatic N) is 1. The summed E-state index contributed by atoms with van der Waals surface area (Å²) in [5.74, 6) is 0. The van der Waals surface area contributed by atoms with Crippen LogP contribution in [0.25, 0.3) is 0 Å². The Kier molecular flexibility index (Phi) is 4.51. The summed E-state index contributed by atoms with van der Waals surface area (Å²) < 4.78 is 4.81. The Morgan fingerprint density at radius 1 is 1.70 bits per heavy atom. The molecule has 2 N–H and O–H groups in total. The number of hydrogen-bond acceptors (Lipinski definition) is 4. The van der Waals surface area contributed by atoms with Crippen molar-refractivity contribution < 1.29 is 20.1 Å². The summed E-state index contributed by atoms with van der Waals surface area (Å²) >= 11 is 0. The van der Waals surface area contributed by atoms with E-state index < -0.39 is 5.09 Å². The molecule has 1 saturated heterocycles. The highest BCUT2D eigenvalue weighted by Gasteiger charge is 2.09. The second kappa shape index (κ2) is 4.95. The molecule has 0 bridgehead atoms. The molecular weight excluding hydrogens is 142 g/mol. The molecule has 1 aliphatic rings. The monoisotopic (exact) mass is 151 g/mol. The van der Waals surface area contributed by atoms with Crippen LogP contribution in [0.15, 0.2) is 0 Å². The van der Waals surface area contributed by atoms with Gasteiger partial charge in [-0.1, -0.05) is 0 Å². The lowest BCUT2D eigenvalue weighted by Crippen LogP contribution is -2.02. The predicted molar refractivity (Wildman–Crippen MR) is 30.2 cm³/mol. The van der Waals surface area contributed by atoms with Gasteiger partial charge in [0.2, 0.25) is 0 Å². The van der Waals surface area contributed by atoms with Gasteiger partial charge in [-0.2, -0.15) is 0 Å². The predicted octanol–water partition coefficient (Wildman–Crippen LogP) is -0.580. The van der Waals surface area contributed by atoms with E-state index in [2.05, 4.69) is 0 Å². The zero-order chi connectivity index (χ0) is 7.98. The Morgan fingerprint density at radius 3 is 2.30 bits per heavy atom. The van der Waals surface area contributed by atoms with Gasteiger partial charge in [-0.3, -0.25) is 0 Å². The lowest BCUT2D eigenvalue weighted by Gasteiger charge is -1.89. The zero-order valence-electron chi connectivity index (χ0n) is 5.27. The fourth-order valence-electron chi connectivity index (χ4n) is 0.522. The number of hydrogen-bond donors (Lipinski definition) is 2. The van der Waals surface area contributed by atoms with E-state index in [1.807, 2.05) is 0 Å². The van der Waals surface area contributed by atoms with Gasteiger partial charge >= 0.3 is 0 Å². The van der Waals surface area contributed by atoms with Crippen molar-refractivity contribution in [3.8, 4) is 0 Å². The van der Waals surface area contributed by atoms with Crippen LogP contribution < -0.4 is 0 Å². The van der Waals surface area contributed by atoms with Crippen LogP contribution in [0, 0.1) is 10.1 Å². The first-order chi connectivity index (χ1) is 4.63. The molecule has 1 heterocycles. The van der Waals surface area contributed by atoms with Crippen molar-refractivity contribution in [3.63, 3.8) is 0 Å². The fourth-order valence-corrected chi connectivity index (χ4v) is 0.522. The van der Waals surface area contributed by atoms with Crippen molar-refractivity contribution in [2.45, 2.75) is 12.5 Å². The van der Waals surface area contributed by atoms with Gasteiger partial charge in [-0.25, -0.2) is 0 Å². The van der Waals surface area contributed by atoms with Gasteiger partial charge in [0.15, 0.2) is 0 Å². The third-order valence-corrected chi connectivity index (χ3v) is 0.906. The first-order valence-corrected chi connectivity index (χ1v) is 2.72. The maximum absolute atomic E-state index is 8.60. The second-order valence-corrected chi connectivity index (χ2v) is 1.76. The Balaban J connectivity index is 0.000000180. The first kappa shape index (κ1) is 9.12. The van der Waals surface area contributed by atoms with Crippen molar-refractivity contribution in [1.82, 2.24) is 0 Å². The van der Waals surface area contributed by atoms with Gasteiger partial charge in [0.05, 0.1) is 12.7 Å². The molecule has 0 saturated carbocycles. The highest BCUT2D eigenvalue weighted by Crippen LogP contribution is 2.00. The fraction of sp³-hybridized carbons (Fsp3) is 1.00. The van der Waals surface area contributed by atoms with E-state index in [1.165, 1.54) is 0 Å². The van der Waals surface area contributed by atoms with E-state index >= 15 is 0 Å². The summed E-state index contributed by atoms with van der Waals surface area (Å²) in [5, 5.41) is 22.2. The van der Waals surface area contributed by atoms with Crippen LogP contribution in [-0.2, 0) is 4.74 Å². The van der Waals surface area contributed by atoms with Crippen molar-refractivity contribution in [3.05, 3.63) is 10.1 Å². The topological polar surface area (TPSA) is 92.8 Å². The third kappa shape index (κ3) is 7.12. The summed E-state index contributed by atoms with van der Waals surface area (Å²) in [6.07, 6.45) is 0.644. The highest BCUT2D eigenvalue weighted by atomic mass is 16.9. The Hall–Kier alpha value is -0.880. The number of aliphatic hydroxyl groups excluding tert-OH is 1. The molecule has 1 atom stereocenters. The minimum absolute atomic E-state index is 0.176. The second-order valence-electron chi connectivity index (χ2n) is 1.76. The Labute approximate surface area is 57.1 Å². The third-order valence-electron chi connectivity index (χ3n) is 0.906. The van der Waals surface area contributed by atoms with E-state index in [1.54, 1.807) is 0 Å². The van der Waals surface area contributed by atoms with E-state index in [4.69, 9.17) is 25.2 Å². The Morgan fingerprint density at radius 2 is 2.20 bits per heavy atom.